The zero-order chi connectivity index (χ0) is 47.7. The minimum absolute atomic E-state index is 0.0842. The Morgan fingerprint density at radius 2 is 1.29 bits per heavy atom. The van der Waals surface area contributed by atoms with Crippen molar-refractivity contribution in [2.45, 2.75) is 209 Å². The third kappa shape index (κ3) is 13.0. The number of ether oxygens (including phenoxy) is 3. The van der Waals surface area contributed by atoms with Crippen LogP contribution in [-0.2, 0) is 43.7 Å². The largest absolute Gasteiger partial charge is 0.414 e. The van der Waals surface area contributed by atoms with E-state index in [-0.39, 0.29) is 27.4 Å². The van der Waals surface area contributed by atoms with Crippen LogP contribution in [-0.4, -0.2) is 93.9 Å². The molecule has 0 spiro atoms. The molecule has 2 aromatic carbocycles. The first-order chi connectivity index (χ1) is 30.7. The standard InChI is InChI=1S/C52H88O9SSi3/c1-13-64(14-2,15-3)60-45-37-46(61-65(16-4,17-5)18-6)47(43(45)33-27-19-20-28-36-52-56-38-51(10,39-57-52)40-58-52)49(62(54,55)42-31-25-22-26-32-42)48(53)44(59-63(11,12)50(7,8)9)35-34-41-29-23-21-24-30-41/h19,21-27,29-32,43-49,53H,13-18,20,28,33-40H2,1-12H3/b27-19-/t43-,44-,45-,46+,47+,48?,49?,51?,52?/m0/s1. The lowest BCUT2D eigenvalue weighted by Crippen LogP contribution is -2.58. The molecule has 4 fully saturated rings. The molecule has 1 N–H and O–H groups in total. The Balaban J connectivity index is 1.63. The summed E-state index contributed by atoms with van der Waals surface area (Å²) in [6.45, 7) is 28.5. The molecule has 13 heteroatoms. The Kier molecular flexibility index (Phi) is 19.2. The summed E-state index contributed by atoms with van der Waals surface area (Å²) < 4.78 is 72.4. The summed E-state index contributed by atoms with van der Waals surface area (Å²) >= 11 is 0. The van der Waals surface area contributed by atoms with Crippen LogP contribution in [0.1, 0.15) is 113 Å². The van der Waals surface area contributed by atoms with Crippen LogP contribution in [0, 0.1) is 17.3 Å². The van der Waals surface area contributed by atoms with Crippen molar-refractivity contribution >= 4 is 34.8 Å². The summed E-state index contributed by atoms with van der Waals surface area (Å²) in [7, 11) is -11.2. The Morgan fingerprint density at radius 1 is 0.785 bits per heavy atom. The number of rotatable bonds is 26. The monoisotopic (exact) mass is 973 g/mol. The molecule has 3 saturated heterocycles. The van der Waals surface area contributed by atoms with Gasteiger partial charge in [-0.2, -0.15) is 0 Å². The molecule has 3 aliphatic heterocycles. The zero-order valence-electron chi connectivity index (χ0n) is 42.4. The first-order valence-electron chi connectivity index (χ1n) is 25.3. The second-order valence-corrected chi connectivity index (χ2v) is 37.8. The maximum Gasteiger partial charge on any atom is 0.282 e. The number of hydrogen-bond acceptors (Lipinski definition) is 9. The fourth-order valence-corrected chi connectivity index (χ4v) is 19.6. The predicted molar refractivity (Wildman–Crippen MR) is 272 cm³/mol. The molecule has 65 heavy (non-hydrogen) atoms. The van der Waals surface area contributed by atoms with Gasteiger partial charge in [0.1, 0.15) is 0 Å². The summed E-state index contributed by atoms with van der Waals surface area (Å²) in [4.78, 5) is 0.219. The molecule has 0 aromatic heterocycles. The second-order valence-electron chi connectivity index (χ2n) is 21.5. The molecule has 6 rings (SSSR count). The van der Waals surface area contributed by atoms with Crippen LogP contribution in [0.3, 0.4) is 0 Å². The smallest absolute Gasteiger partial charge is 0.282 e. The third-order valence-electron chi connectivity index (χ3n) is 16.2. The van der Waals surface area contributed by atoms with Crippen molar-refractivity contribution in [1.29, 1.82) is 0 Å². The highest BCUT2D eigenvalue weighted by molar-refractivity contribution is 7.92. The summed E-state index contributed by atoms with van der Waals surface area (Å²) in [6, 6.07) is 24.8. The van der Waals surface area contributed by atoms with Crippen LogP contribution >= 0.6 is 0 Å². The molecule has 4 aliphatic rings. The molecule has 3 heterocycles. The van der Waals surface area contributed by atoms with Gasteiger partial charge >= 0.3 is 0 Å². The normalized spacial score (nSPS) is 27.0. The van der Waals surface area contributed by atoms with Crippen molar-refractivity contribution in [3.63, 3.8) is 0 Å². The number of benzene rings is 2. The maximum atomic E-state index is 15.8. The van der Waals surface area contributed by atoms with Gasteiger partial charge in [0.2, 0.25) is 0 Å². The number of allylic oxidation sites excluding steroid dienone is 2. The van der Waals surface area contributed by atoms with Gasteiger partial charge in [0, 0.05) is 17.8 Å². The number of aliphatic hydroxyl groups excluding tert-OH is 1. The van der Waals surface area contributed by atoms with Gasteiger partial charge in [0.25, 0.3) is 5.97 Å². The number of aryl methyl sites for hydroxylation is 1. The van der Waals surface area contributed by atoms with E-state index in [0.717, 1.165) is 54.7 Å². The highest BCUT2D eigenvalue weighted by Gasteiger charge is 2.58. The summed E-state index contributed by atoms with van der Waals surface area (Å²) in [5.74, 6) is -1.75. The maximum absolute atomic E-state index is 15.8. The van der Waals surface area contributed by atoms with Gasteiger partial charge in [-0.15, -0.1) is 0 Å². The van der Waals surface area contributed by atoms with E-state index in [1.165, 1.54) is 0 Å². The molecule has 0 amide bonds. The van der Waals surface area contributed by atoms with Gasteiger partial charge in [-0.1, -0.05) is 130 Å². The summed E-state index contributed by atoms with van der Waals surface area (Å²) in [5, 5.41) is 12.0. The van der Waals surface area contributed by atoms with E-state index in [9.17, 15) is 5.11 Å². The number of unbranched alkanes of at least 4 members (excludes halogenated alkanes) is 1. The van der Waals surface area contributed by atoms with E-state index in [4.69, 9.17) is 27.5 Å². The number of aliphatic hydroxyl groups is 1. The number of fused-ring (bicyclic) bond motifs is 3. The van der Waals surface area contributed by atoms with Crippen molar-refractivity contribution in [1.82, 2.24) is 0 Å². The number of hydrogen-bond donors (Lipinski definition) is 1. The first-order valence-corrected chi connectivity index (χ1v) is 34.8. The Hall–Kier alpha value is -1.50. The highest BCUT2D eigenvalue weighted by Crippen LogP contribution is 2.50. The molecule has 1 aliphatic carbocycles. The third-order valence-corrected chi connectivity index (χ3v) is 32.3. The van der Waals surface area contributed by atoms with Crippen molar-refractivity contribution in [3.8, 4) is 0 Å². The minimum Gasteiger partial charge on any atom is -0.414 e. The van der Waals surface area contributed by atoms with Gasteiger partial charge in [-0.25, -0.2) is 8.42 Å². The highest BCUT2D eigenvalue weighted by atomic mass is 32.2. The van der Waals surface area contributed by atoms with E-state index in [1.807, 2.05) is 24.3 Å². The second kappa shape index (κ2) is 22.9. The van der Waals surface area contributed by atoms with Crippen LogP contribution in [0.25, 0.3) is 0 Å². The fraction of sp³-hybridized carbons (Fsp3) is 0.731. The van der Waals surface area contributed by atoms with Crippen LogP contribution in [0.4, 0.5) is 0 Å². The van der Waals surface area contributed by atoms with Gasteiger partial charge in [0.15, 0.2) is 34.8 Å². The van der Waals surface area contributed by atoms with Gasteiger partial charge < -0.3 is 32.6 Å². The lowest BCUT2D eigenvalue weighted by Gasteiger charge is -2.50. The molecule has 0 radical (unpaired) electrons. The van der Waals surface area contributed by atoms with Crippen molar-refractivity contribution in [2.75, 3.05) is 19.8 Å². The molecular weight excluding hydrogens is 885 g/mol. The van der Waals surface area contributed by atoms with Crippen molar-refractivity contribution < 1.29 is 41.0 Å². The summed E-state index contributed by atoms with van der Waals surface area (Å²) in [6.07, 6.45) is 6.34. The van der Waals surface area contributed by atoms with E-state index in [2.05, 4.69) is 107 Å². The van der Waals surface area contributed by atoms with Crippen LogP contribution in [0.5, 0.6) is 0 Å². The quantitative estimate of drug-likeness (QED) is 0.0560. The molecule has 1 saturated carbocycles. The van der Waals surface area contributed by atoms with Crippen LogP contribution < -0.4 is 0 Å². The zero-order valence-corrected chi connectivity index (χ0v) is 46.2. The Bertz CT molecular complexity index is 1840. The fourth-order valence-electron chi connectivity index (χ4n) is 10.3. The van der Waals surface area contributed by atoms with E-state index in [1.54, 1.807) is 24.3 Å². The topological polar surface area (TPSA) is 110 Å². The van der Waals surface area contributed by atoms with Gasteiger partial charge in [0.05, 0.1) is 54.4 Å². The molecule has 2 unspecified atom stereocenters. The molecule has 9 nitrogen and oxygen atoms in total. The molecule has 2 aromatic rings. The Labute approximate surface area is 398 Å². The molecule has 2 bridgehead atoms. The SMILES string of the molecule is CC[Si](CC)(CC)O[C@H]1C[C@@H](O[Si](CC)(CC)CC)[C@H](C(C(O)[C@H](CCc2ccccc2)O[Si](C)(C)C(C)(C)C)S(=O)(=O)c2ccccc2)[C@H]1C/C=C\CCCC12OCC(C)(CO1)CO2. The molecule has 7 atom stereocenters. The van der Waals surface area contributed by atoms with Gasteiger partial charge in [-0.05, 0) is 117 Å². The first kappa shape index (κ1) is 54.4. The van der Waals surface area contributed by atoms with Crippen molar-refractivity contribution in [3.05, 3.63) is 78.4 Å². The van der Waals surface area contributed by atoms with Crippen LogP contribution in [0.2, 0.25) is 54.4 Å². The summed E-state index contributed by atoms with van der Waals surface area (Å²) in [5.41, 5.74) is 1.04. The van der Waals surface area contributed by atoms with Crippen LogP contribution in [0.15, 0.2) is 77.7 Å². The van der Waals surface area contributed by atoms with E-state index in [0.29, 0.717) is 51.9 Å². The predicted octanol–water partition coefficient (Wildman–Crippen LogP) is 12.5. The molecule has 368 valence electrons. The average Bonchev–Trinajstić information content (AvgIpc) is 3.62. The van der Waals surface area contributed by atoms with Gasteiger partial charge in [-0.3, -0.25) is 0 Å². The molecular formula is C52H88O9SSi3. The van der Waals surface area contributed by atoms with E-state index >= 15 is 8.42 Å². The Morgan fingerprint density at radius 3 is 1.80 bits per heavy atom. The lowest BCUT2D eigenvalue weighted by atomic mass is 9.84. The lowest BCUT2D eigenvalue weighted by molar-refractivity contribution is -0.467. The average molecular weight is 974 g/mol. The minimum atomic E-state index is -4.18. The van der Waals surface area contributed by atoms with E-state index < -0.39 is 70.2 Å². The number of sulfone groups is 1. The van der Waals surface area contributed by atoms with Crippen molar-refractivity contribution in [2.24, 2.45) is 17.3 Å².